The molecule has 0 spiro atoms. The maximum atomic E-state index is 13.6. The minimum absolute atomic E-state index is 0.0112. The summed E-state index contributed by atoms with van der Waals surface area (Å²) >= 11 is 1.37. The van der Waals surface area contributed by atoms with E-state index in [2.05, 4.69) is 96.4 Å². The van der Waals surface area contributed by atoms with Gasteiger partial charge in [-0.1, -0.05) is 90.1 Å². The van der Waals surface area contributed by atoms with Crippen LogP contribution in [0.15, 0.2) is 85.6 Å². The molecule has 10 nitrogen and oxygen atoms in total. The Labute approximate surface area is 290 Å². The summed E-state index contributed by atoms with van der Waals surface area (Å²) in [6, 6.07) is 17.3. The standard InChI is InChI=1S/C38H42N6O4S/c1-37(2,3)27-13-11-24(12-14-27)26-19-40-33(41-20-26)25-9-7-23(8-10-25)17-29(43-35(46)31-15-16-32(49-31)38(4,5)6)34(45)44-30(36(47)48)18-28-21-39-22-42-28/h7-16,19-22,29-30H,17-18H2,1-6H3,(H,39,42)(H,43,46)(H,44,45)(H,47,48)/t29-,30+/m0/s1. The third-order valence-electron chi connectivity index (χ3n) is 8.17. The number of H-pyrrole nitrogens is 1. The molecule has 2 aromatic carbocycles. The predicted octanol–water partition coefficient (Wildman–Crippen LogP) is 6.34. The Hall–Kier alpha value is -5.16. The van der Waals surface area contributed by atoms with E-state index < -0.39 is 29.9 Å². The largest absolute Gasteiger partial charge is 0.480 e. The molecule has 4 N–H and O–H groups in total. The topological polar surface area (TPSA) is 150 Å². The average Bonchev–Trinajstić information content (AvgIpc) is 3.77. The number of carboxylic acids is 1. The van der Waals surface area contributed by atoms with Crippen LogP contribution in [0, 0.1) is 0 Å². The van der Waals surface area contributed by atoms with E-state index in [9.17, 15) is 19.5 Å². The second-order valence-electron chi connectivity index (χ2n) is 14.1. The highest BCUT2D eigenvalue weighted by molar-refractivity contribution is 7.14. The Bertz CT molecular complexity index is 1890. The van der Waals surface area contributed by atoms with Gasteiger partial charge < -0.3 is 20.7 Å². The number of hydrogen-bond donors (Lipinski definition) is 4. The second kappa shape index (κ2) is 14.5. The molecule has 0 saturated carbocycles. The van der Waals surface area contributed by atoms with Gasteiger partial charge in [0.1, 0.15) is 12.1 Å². The minimum atomic E-state index is -1.22. The van der Waals surface area contributed by atoms with Gasteiger partial charge >= 0.3 is 5.97 Å². The number of carboxylic acid groups (broad SMARTS) is 1. The smallest absolute Gasteiger partial charge is 0.326 e. The molecule has 0 unspecified atom stereocenters. The second-order valence-corrected chi connectivity index (χ2v) is 15.2. The molecule has 0 saturated heterocycles. The van der Waals surface area contributed by atoms with E-state index in [1.807, 2.05) is 30.3 Å². The van der Waals surface area contributed by atoms with Gasteiger partial charge in [0, 0.05) is 53.1 Å². The average molecular weight is 679 g/mol. The molecule has 49 heavy (non-hydrogen) atoms. The van der Waals surface area contributed by atoms with Gasteiger partial charge in [-0.2, -0.15) is 0 Å². The number of nitrogens with one attached hydrogen (secondary N) is 3. The maximum absolute atomic E-state index is 13.6. The van der Waals surface area contributed by atoms with Crippen LogP contribution in [0.2, 0.25) is 0 Å². The van der Waals surface area contributed by atoms with Crippen molar-refractivity contribution in [2.75, 3.05) is 0 Å². The summed E-state index contributed by atoms with van der Waals surface area (Å²) in [5.41, 5.74) is 5.26. The summed E-state index contributed by atoms with van der Waals surface area (Å²) in [6.07, 6.45) is 6.70. The summed E-state index contributed by atoms with van der Waals surface area (Å²) in [5.74, 6) is -1.65. The van der Waals surface area contributed by atoms with Crippen LogP contribution in [0.3, 0.4) is 0 Å². The summed E-state index contributed by atoms with van der Waals surface area (Å²) in [5, 5.41) is 15.3. The van der Waals surface area contributed by atoms with Crippen molar-refractivity contribution in [3.8, 4) is 22.5 Å². The van der Waals surface area contributed by atoms with E-state index in [1.165, 1.54) is 29.4 Å². The molecule has 3 heterocycles. The van der Waals surface area contributed by atoms with Crippen molar-refractivity contribution in [3.63, 3.8) is 0 Å². The van der Waals surface area contributed by atoms with Crippen molar-refractivity contribution in [1.29, 1.82) is 0 Å². The van der Waals surface area contributed by atoms with Gasteiger partial charge in [-0.25, -0.2) is 19.7 Å². The van der Waals surface area contributed by atoms with Gasteiger partial charge in [-0.05, 0) is 39.7 Å². The zero-order chi connectivity index (χ0) is 35.3. The molecule has 2 atom stereocenters. The zero-order valence-corrected chi connectivity index (χ0v) is 29.4. The van der Waals surface area contributed by atoms with Crippen molar-refractivity contribution < 1.29 is 19.5 Å². The van der Waals surface area contributed by atoms with E-state index in [1.54, 1.807) is 18.5 Å². The zero-order valence-electron chi connectivity index (χ0n) is 28.6. The van der Waals surface area contributed by atoms with Crippen LogP contribution in [0.4, 0.5) is 0 Å². The van der Waals surface area contributed by atoms with Crippen LogP contribution in [0.1, 0.15) is 72.9 Å². The number of aromatic nitrogens is 4. The molecule has 0 aliphatic heterocycles. The normalized spacial score (nSPS) is 13.0. The Morgan fingerprint density at radius 1 is 0.755 bits per heavy atom. The molecule has 0 bridgehead atoms. The molecular formula is C38H42N6O4S. The lowest BCUT2D eigenvalue weighted by Crippen LogP contribution is -2.53. The number of hydrogen-bond acceptors (Lipinski definition) is 7. The van der Waals surface area contributed by atoms with Crippen molar-refractivity contribution in [2.24, 2.45) is 0 Å². The summed E-state index contributed by atoms with van der Waals surface area (Å²) in [7, 11) is 0. The molecule has 0 aliphatic rings. The fourth-order valence-corrected chi connectivity index (χ4v) is 6.17. The van der Waals surface area contributed by atoms with Gasteiger partial charge in [0.2, 0.25) is 5.91 Å². The van der Waals surface area contributed by atoms with E-state index in [4.69, 9.17) is 0 Å². The first-order valence-electron chi connectivity index (χ1n) is 16.1. The monoisotopic (exact) mass is 678 g/mol. The number of amides is 2. The Morgan fingerprint density at radius 2 is 1.41 bits per heavy atom. The van der Waals surface area contributed by atoms with Crippen LogP contribution >= 0.6 is 11.3 Å². The van der Waals surface area contributed by atoms with E-state index in [0.29, 0.717) is 16.4 Å². The molecule has 3 aromatic heterocycles. The molecule has 11 heteroatoms. The van der Waals surface area contributed by atoms with Crippen LogP contribution < -0.4 is 10.6 Å². The highest BCUT2D eigenvalue weighted by atomic mass is 32.1. The lowest BCUT2D eigenvalue weighted by atomic mass is 9.86. The minimum Gasteiger partial charge on any atom is -0.480 e. The summed E-state index contributed by atoms with van der Waals surface area (Å²) in [6.45, 7) is 12.7. The summed E-state index contributed by atoms with van der Waals surface area (Å²) in [4.78, 5) is 56.5. The Morgan fingerprint density at radius 3 is 1.96 bits per heavy atom. The molecule has 254 valence electrons. The lowest BCUT2D eigenvalue weighted by Gasteiger charge is -2.21. The first-order chi connectivity index (χ1) is 23.2. The third kappa shape index (κ3) is 9.05. The first-order valence-corrected chi connectivity index (χ1v) is 16.9. The van der Waals surface area contributed by atoms with Crippen molar-refractivity contribution in [1.82, 2.24) is 30.6 Å². The number of carbonyl (C=O) groups is 3. The number of aromatic amines is 1. The SMILES string of the molecule is CC(C)(C)c1ccc(-c2cnc(-c3ccc(C[C@H](NC(=O)c4ccc(C(C)(C)C)s4)C(=O)N[C@H](Cc4cnc[nH]4)C(=O)O)cc3)nc2)cc1. The highest BCUT2D eigenvalue weighted by Gasteiger charge is 2.29. The number of carbonyl (C=O) groups excluding carboxylic acids is 2. The number of rotatable bonds is 11. The molecule has 5 aromatic rings. The predicted molar refractivity (Wildman–Crippen MR) is 191 cm³/mol. The van der Waals surface area contributed by atoms with E-state index >= 15 is 0 Å². The molecule has 5 rings (SSSR count). The van der Waals surface area contributed by atoms with Crippen molar-refractivity contribution >= 4 is 29.1 Å². The maximum Gasteiger partial charge on any atom is 0.326 e. The van der Waals surface area contributed by atoms with Crippen molar-refractivity contribution in [2.45, 2.75) is 77.3 Å². The van der Waals surface area contributed by atoms with Gasteiger partial charge in [0.05, 0.1) is 11.2 Å². The van der Waals surface area contributed by atoms with Gasteiger partial charge in [-0.3, -0.25) is 9.59 Å². The number of thiophene rings is 1. The van der Waals surface area contributed by atoms with Gasteiger partial charge in [-0.15, -0.1) is 11.3 Å². The number of benzene rings is 2. The number of aliphatic carboxylic acids is 1. The van der Waals surface area contributed by atoms with Gasteiger partial charge in [0.25, 0.3) is 5.91 Å². The lowest BCUT2D eigenvalue weighted by molar-refractivity contribution is -0.142. The van der Waals surface area contributed by atoms with Crippen LogP contribution in [-0.2, 0) is 33.3 Å². The Balaban J connectivity index is 1.32. The third-order valence-corrected chi connectivity index (χ3v) is 9.68. The van der Waals surface area contributed by atoms with E-state index in [-0.39, 0.29) is 23.7 Å². The van der Waals surface area contributed by atoms with Crippen LogP contribution in [0.5, 0.6) is 0 Å². The molecule has 2 amide bonds. The number of nitrogens with zero attached hydrogens (tertiary/aromatic N) is 3. The quantitative estimate of drug-likeness (QED) is 0.127. The van der Waals surface area contributed by atoms with E-state index in [0.717, 1.165) is 27.1 Å². The molecule has 0 radical (unpaired) electrons. The molecule has 0 aliphatic carbocycles. The number of imidazole rings is 1. The first kappa shape index (κ1) is 35.2. The molecule has 0 fully saturated rings. The van der Waals surface area contributed by atoms with Crippen LogP contribution in [0.25, 0.3) is 22.5 Å². The van der Waals surface area contributed by atoms with Gasteiger partial charge in [0.15, 0.2) is 5.82 Å². The van der Waals surface area contributed by atoms with Crippen LogP contribution in [-0.4, -0.2) is 54.9 Å². The van der Waals surface area contributed by atoms with Crippen molar-refractivity contribution in [3.05, 3.63) is 112 Å². The highest BCUT2D eigenvalue weighted by Crippen LogP contribution is 2.30. The Kier molecular flexibility index (Phi) is 10.4. The fourth-order valence-electron chi connectivity index (χ4n) is 5.20. The molecular weight excluding hydrogens is 637 g/mol. The summed E-state index contributed by atoms with van der Waals surface area (Å²) < 4.78 is 0. The fraction of sp³-hybridized carbons (Fsp3) is 0.316.